The van der Waals surface area contributed by atoms with Crippen molar-refractivity contribution in [1.29, 1.82) is 0 Å². The second-order valence-electron chi connectivity index (χ2n) is 5.94. The number of hydrogen-bond donors (Lipinski definition) is 1. The molecule has 4 rings (SSSR count). The van der Waals surface area contributed by atoms with E-state index in [1.807, 2.05) is 5.32 Å². The summed E-state index contributed by atoms with van der Waals surface area (Å²) in [6, 6.07) is 8.45. The number of ether oxygens (including phenoxy) is 2. The van der Waals surface area contributed by atoms with E-state index in [1.165, 1.54) is 41.3 Å². The number of thiophene rings is 1. The maximum atomic E-state index is 12.6. The van der Waals surface area contributed by atoms with E-state index in [2.05, 4.69) is 0 Å². The highest BCUT2D eigenvalue weighted by Gasteiger charge is 2.33. The summed E-state index contributed by atoms with van der Waals surface area (Å²) in [5, 5.41) is 1.93. The van der Waals surface area contributed by atoms with E-state index < -0.39 is 31.1 Å². The van der Waals surface area contributed by atoms with Gasteiger partial charge in [-0.3, -0.25) is 14.5 Å². The molecule has 3 heterocycles. The van der Waals surface area contributed by atoms with Crippen molar-refractivity contribution >= 4 is 52.2 Å². The predicted molar refractivity (Wildman–Crippen MR) is 109 cm³/mol. The van der Waals surface area contributed by atoms with Crippen molar-refractivity contribution in [2.75, 3.05) is 42.6 Å². The van der Waals surface area contributed by atoms with Gasteiger partial charge in [-0.1, -0.05) is 11.6 Å². The quantitative estimate of drug-likeness (QED) is 0.771. The number of nitrogens with zero attached hydrogens (tertiary/aromatic N) is 2. The highest BCUT2D eigenvalue weighted by molar-refractivity contribution is 7.18. The minimum Gasteiger partial charge on any atom is -0.442 e. The molecule has 0 bridgehead atoms. The van der Waals surface area contributed by atoms with Crippen LogP contribution in [0.5, 0.6) is 0 Å². The van der Waals surface area contributed by atoms with Crippen LogP contribution in [0.15, 0.2) is 36.4 Å². The third-order valence-electron chi connectivity index (χ3n) is 4.08. The molecule has 29 heavy (non-hydrogen) atoms. The summed E-state index contributed by atoms with van der Waals surface area (Å²) >= 11 is 6.66. The molecular weight excluding hydrogens is 418 g/mol. The summed E-state index contributed by atoms with van der Waals surface area (Å²) < 4.78 is 52.0. The van der Waals surface area contributed by atoms with Gasteiger partial charge in [0.2, 0.25) is 0 Å². The molecule has 2 aromatic rings. The fraction of sp³-hybridized carbons (Fsp3) is 0.316. The van der Waals surface area contributed by atoms with Gasteiger partial charge in [-0.05, 0) is 36.4 Å². The van der Waals surface area contributed by atoms with Crippen molar-refractivity contribution in [1.82, 2.24) is 5.32 Å². The summed E-state index contributed by atoms with van der Waals surface area (Å²) in [4.78, 5) is 39.1. The maximum absolute atomic E-state index is 12.6. The molecule has 2 aliphatic rings. The molecule has 1 aromatic carbocycles. The van der Waals surface area contributed by atoms with E-state index in [1.54, 1.807) is 0 Å². The van der Waals surface area contributed by atoms with E-state index in [0.29, 0.717) is 23.7 Å². The average Bonchev–Trinajstić information content (AvgIpc) is 3.27. The molecule has 0 aliphatic carbocycles. The van der Waals surface area contributed by atoms with E-state index in [-0.39, 0.29) is 27.4 Å². The number of carbonyl (C=O) groups is 3. The van der Waals surface area contributed by atoms with Gasteiger partial charge >= 0.3 is 6.09 Å². The normalized spacial score (nSPS) is 26.7. The molecule has 0 radical (unpaired) electrons. The smallest absolute Gasteiger partial charge is 0.414 e. The Balaban J connectivity index is 1.59. The van der Waals surface area contributed by atoms with Gasteiger partial charge in [-0.25, -0.2) is 4.79 Å². The number of anilines is 2. The summed E-state index contributed by atoms with van der Waals surface area (Å²) in [6.45, 7) is -5.55. The molecule has 1 N–H and O–H groups in total. The summed E-state index contributed by atoms with van der Waals surface area (Å²) in [5.74, 6) is -1.20. The molecule has 0 saturated carbocycles. The van der Waals surface area contributed by atoms with Crippen LogP contribution in [-0.2, 0) is 14.3 Å². The summed E-state index contributed by atoms with van der Waals surface area (Å²) in [7, 11) is 0. The molecule has 2 saturated heterocycles. The van der Waals surface area contributed by atoms with Crippen molar-refractivity contribution in [3.63, 3.8) is 0 Å². The Morgan fingerprint density at radius 1 is 1.28 bits per heavy atom. The fourth-order valence-corrected chi connectivity index (χ4v) is 3.65. The zero-order valence-corrected chi connectivity index (χ0v) is 16.4. The largest absolute Gasteiger partial charge is 0.442 e. The zero-order valence-electron chi connectivity index (χ0n) is 19.8. The molecule has 152 valence electrons. The van der Waals surface area contributed by atoms with Gasteiger partial charge in [0, 0.05) is 17.9 Å². The molecular formula is C19H18ClN3O5S. The Morgan fingerprint density at radius 2 is 2.00 bits per heavy atom. The molecule has 2 aliphatic heterocycles. The number of nitrogens with one attached hydrogen (secondary N) is 1. The number of cyclic esters (lactones) is 1. The summed E-state index contributed by atoms with van der Waals surface area (Å²) in [6.07, 6.45) is -4.47. The Labute approximate surface area is 183 Å². The first kappa shape index (κ1) is 14.4. The molecule has 1 atom stereocenters. The Bertz CT molecular complexity index is 1150. The van der Waals surface area contributed by atoms with Gasteiger partial charge in [-0.15, -0.1) is 11.3 Å². The minimum atomic E-state index is -3.16. The monoisotopic (exact) mass is 440 g/mol. The Morgan fingerprint density at radius 3 is 2.66 bits per heavy atom. The molecule has 1 aromatic heterocycles. The SMILES string of the molecule is [2H]C([2H])(NC(=O)c1ccc(Cl)s1)[C@]1([2H])OC(=O)N(c2ccc(N3CCOCC3=O)cc2)C1([2H])[2H]. The Hall–Kier alpha value is -2.62. The topological polar surface area (TPSA) is 88.2 Å². The predicted octanol–water partition coefficient (Wildman–Crippen LogP) is 2.52. The first-order chi connectivity index (χ1) is 15.9. The van der Waals surface area contributed by atoms with Crippen LogP contribution in [0.25, 0.3) is 0 Å². The number of rotatable bonds is 5. The lowest BCUT2D eigenvalue weighted by Crippen LogP contribution is -2.41. The van der Waals surface area contributed by atoms with Crippen LogP contribution in [0.4, 0.5) is 16.2 Å². The van der Waals surface area contributed by atoms with Crippen LogP contribution in [-0.4, -0.2) is 56.7 Å². The van der Waals surface area contributed by atoms with E-state index in [0.717, 1.165) is 11.3 Å². The lowest BCUT2D eigenvalue weighted by molar-refractivity contribution is -0.125. The van der Waals surface area contributed by atoms with Crippen LogP contribution in [0, 0.1) is 0 Å². The lowest BCUT2D eigenvalue weighted by atomic mass is 10.2. The van der Waals surface area contributed by atoms with Crippen LogP contribution in [0.2, 0.25) is 4.34 Å². The number of halogens is 1. The minimum absolute atomic E-state index is 0.0271. The third-order valence-corrected chi connectivity index (χ3v) is 5.31. The molecule has 0 spiro atoms. The van der Waals surface area contributed by atoms with Crippen LogP contribution in [0.3, 0.4) is 0 Å². The molecule has 8 nitrogen and oxygen atoms in total. The standard InChI is InChI=1S/C19H18ClN3O5S/c20-16-6-5-15(29-16)18(25)21-9-14-10-23(19(26)28-14)13-3-1-12(2-4-13)22-7-8-27-11-17(22)24/h1-6,14H,7-11H2,(H,21,25)/t14-/m0/s1/i9D2,10D2,14D. The van der Waals surface area contributed by atoms with Crippen LogP contribution >= 0.6 is 22.9 Å². The lowest BCUT2D eigenvalue weighted by Gasteiger charge is -2.27. The summed E-state index contributed by atoms with van der Waals surface area (Å²) in [5.41, 5.74) is 0.472. The highest BCUT2D eigenvalue weighted by atomic mass is 35.5. The highest BCUT2D eigenvalue weighted by Crippen LogP contribution is 2.26. The first-order valence-electron chi connectivity index (χ1n) is 11.0. The number of carbonyl (C=O) groups excluding carboxylic acids is 3. The molecule has 10 heteroatoms. The van der Waals surface area contributed by atoms with Gasteiger partial charge in [0.05, 0.1) is 35.7 Å². The van der Waals surface area contributed by atoms with Crippen LogP contribution < -0.4 is 15.1 Å². The average molecular weight is 441 g/mol. The molecule has 0 unspecified atom stereocenters. The van der Waals surface area contributed by atoms with E-state index >= 15 is 0 Å². The number of benzene rings is 1. The van der Waals surface area contributed by atoms with Crippen molar-refractivity contribution in [3.05, 3.63) is 45.6 Å². The van der Waals surface area contributed by atoms with Gasteiger partial charge in [0.15, 0.2) is 0 Å². The zero-order chi connectivity index (χ0) is 24.9. The molecule has 2 fully saturated rings. The van der Waals surface area contributed by atoms with Crippen molar-refractivity contribution < 1.29 is 30.7 Å². The van der Waals surface area contributed by atoms with E-state index in [4.69, 9.17) is 27.9 Å². The van der Waals surface area contributed by atoms with Crippen LogP contribution in [0.1, 0.15) is 16.5 Å². The van der Waals surface area contributed by atoms with Gasteiger partial charge in [-0.2, -0.15) is 0 Å². The Kier molecular flexibility index (Phi) is 4.16. The number of morpholine rings is 1. The van der Waals surface area contributed by atoms with Gasteiger partial charge in [0.1, 0.15) is 12.7 Å². The van der Waals surface area contributed by atoms with Crippen molar-refractivity contribution in [2.45, 2.75) is 6.08 Å². The van der Waals surface area contributed by atoms with Gasteiger partial charge in [0.25, 0.3) is 11.8 Å². The van der Waals surface area contributed by atoms with E-state index in [9.17, 15) is 14.4 Å². The maximum Gasteiger partial charge on any atom is 0.414 e. The number of amides is 3. The van der Waals surface area contributed by atoms with Crippen molar-refractivity contribution in [3.8, 4) is 0 Å². The number of hydrogen-bond acceptors (Lipinski definition) is 6. The fourth-order valence-electron chi connectivity index (χ4n) is 2.71. The third kappa shape index (κ3) is 4.36. The second-order valence-corrected chi connectivity index (χ2v) is 7.66. The molecule has 3 amide bonds. The van der Waals surface area contributed by atoms with Gasteiger partial charge < -0.3 is 19.7 Å². The second kappa shape index (κ2) is 8.40. The first-order valence-corrected chi connectivity index (χ1v) is 9.66. The van der Waals surface area contributed by atoms with Crippen molar-refractivity contribution in [2.24, 2.45) is 0 Å².